The minimum atomic E-state index is -0.944. The number of amides is 1. The van der Waals surface area contributed by atoms with Crippen LogP contribution in [0.1, 0.15) is 38.2 Å². The molecule has 0 aromatic heterocycles. The molecule has 1 aromatic carbocycles. The average Bonchev–Trinajstić information content (AvgIpc) is 3.12. The number of hydrogen-bond donors (Lipinski definition) is 1. The monoisotopic (exact) mass is 342 g/mol. The Balaban J connectivity index is 1.97. The summed E-state index contributed by atoms with van der Waals surface area (Å²) >= 11 is 0. The lowest BCUT2D eigenvalue weighted by atomic mass is 10.1. The first-order valence-electron chi connectivity index (χ1n) is 8.30. The van der Waals surface area contributed by atoms with E-state index in [-0.39, 0.29) is 17.5 Å². The van der Waals surface area contributed by atoms with Gasteiger partial charge in [0.15, 0.2) is 6.10 Å². The van der Waals surface area contributed by atoms with Crippen LogP contribution >= 0.6 is 0 Å². The molecule has 0 bridgehead atoms. The van der Waals surface area contributed by atoms with Gasteiger partial charge in [-0.1, -0.05) is 25.0 Å². The van der Waals surface area contributed by atoms with Gasteiger partial charge in [0.05, 0.1) is 7.11 Å². The Hall–Kier alpha value is -2.81. The Morgan fingerprint density at radius 3 is 2.48 bits per heavy atom. The summed E-state index contributed by atoms with van der Waals surface area (Å²) in [6, 6.07) is 8.87. The fourth-order valence-corrected chi connectivity index (χ4v) is 2.67. The SMILES string of the molecule is COc1ccc(/C=C(\C#N)C(=O)OC(C)C(=O)NC2CCCC2)cc1. The smallest absolute Gasteiger partial charge is 0.349 e. The molecule has 25 heavy (non-hydrogen) atoms. The second-order valence-corrected chi connectivity index (χ2v) is 5.98. The molecule has 2 rings (SSSR count). The summed E-state index contributed by atoms with van der Waals surface area (Å²) in [5, 5.41) is 12.1. The van der Waals surface area contributed by atoms with Crippen molar-refractivity contribution in [3.05, 3.63) is 35.4 Å². The number of methoxy groups -OCH3 is 1. The molecule has 1 aliphatic rings. The summed E-state index contributed by atoms with van der Waals surface area (Å²) in [6.07, 6.45) is 4.58. The number of carbonyl (C=O) groups excluding carboxylic acids is 2. The molecule has 6 nitrogen and oxygen atoms in total. The standard InChI is InChI=1S/C19H22N2O4/c1-13(18(22)21-16-5-3-4-6-16)25-19(23)15(12-20)11-14-7-9-17(24-2)10-8-14/h7-11,13,16H,3-6H2,1-2H3,(H,21,22)/b15-11+. The van der Waals surface area contributed by atoms with Crippen LogP contribution in [-0.2, 0) is 14.3 Å². The van der Waals surface area contributed by atoms with Crippen LogP contribution in [0.4, 0.5) is 0 Å². The van der Waals surface area contributed by atoms with Gasteiger partial charge in [-0.05, 0) is 43.5 Å². The minimum absolute atomic E-state index is 0.152. The molecule has 1 saturated carbocycles. The Labute approximate surface area is 147 Å². The Morgan fingerprint density at radius 2 is 1.92 bits per heavy atom. The summed E-state index contributed by atoms with van der Waals surface area (Å²) in [4.78, 5) is 24.2. The van der Waals surface area contributed by atoms with Crippen molar-refractivity contribution < 1.29 is 19.1 Å². The highest BCUT2D eigenvalue weighted by Gasteiger charge is 2.24. The highest BCUT2D eigenvalue weighted by Crippen LogP contribution is 2.18. The second-order valence-electron chi connectivity index (χ2n) is 5.98. The third-order valence-electron chi connectivity index (χ3n) is 4.12. The zero-order chi connectivity index (χ0) is 18.2. The first kappa shape index (κ1) is 18.5. The molecule has 0 spiro atoms. The van der Waals surface area contributed by atoms with Crippen molar-refractivity contribution in [1.29, 1.82) is 5.26 Å². The molecule has 1 aromatic rings. The number of hydrogen-bond acceptors (Lipinski definition) is 5. The number of nitriles is 1. The molecule has 132 valence electrons. The average molecular weight is 342 g/mol. The molecule has 0 saturated heterocycles. The van der Waals surface area contributed by atoms with Gasteiger partial charge in [-0.2, -0.15) is 5.26 Å². The van der Waals surface area contributed by atoms with Gasteiger partial charge in [0.2, 0.25) is 0 Å². The number of benzene rings is 1. The third-order valence-corrected chi connectivity index (χ3v) is 4.12. The molecule has 1 unspecified atom stereocenters. The quantitative estimate of drug-likeness (QED) is 0.488. The van der Waals surface area contributed by atoms with Crippen molar-refractivity contribution in [2.75, 3.05) is 7.11 Å². The number of ether oxygens (including phenoxy) is 2. The highest BCUT2D eigenvalue weighted by molar-refractivity contribution is 5.99. The summed E-state index contributed by atoms with van der Waals surface area (Å²) in [5.74, 6) is -0.468. The Bertz CT molecular complexity index is 682. The zero-order valence-corrected chi connectivity index (χ0v) is 14.5. The van der Waals surface area contributed by atoms with Gasteiger partial charge in [-0.15, -0.1) is 0 Å². The second kappa shape index (κ2) is 8.88. The van der Waals surface area contributed by atoms with Crippen LogP contribution in [0, 0.1) is 11.3 Å². The summed E-state index contributed by atoms with van der Waals surface area (Å²) < 4.78 is 10.2. The Kier molecular flexibility index (Phi) is 6.58. The van der Waals surface area contributed by atoms with E-state index in [9.17, 15) is 14.9 Å². The zero-order valence-electron chi connectivity index (χ0n) is 14.5. The van der Waals surface area contributed by atoms with Crippen LogP contribution < -0.4 is 10.1 Å². The molecule has 0 aliphatic heterocycles. The minimum Gasteiger partial charge on any atom is -0.497 e. The molecule has 0 radical (unpaired) electrons. The fraction of sp³-hybridized carbons (Fsp3) is 0.421. The van der Waals surface area contributed by atoms with Crippen LogP contribution in [0.15, 0.2) is 29.8 Å². The molecule has 1 amide bonds. The van der Waals surface area contributed by atoms with E-state index in [4.69, 9.17) is 9.47 Å². The van der Waals surface area contributed by atoms with Gasteiger partial charge in [-0.3, -0.25) is 4.79 Å². The largest absolute Gasteiger partial charge is 0.497 e. The first-order valence-corrected chi connectivity index (χ1v) is 8.30. The molecule has 1 N–H and O–H groups in total. The predicted molar refractivity (Wildman–Crippen MR) is 92.5 cm³/mol. The van der Waals surface area contributed by atoms with E-state index in [1.165, 1.54) is 13.0 Å². The molecular formula is C19H22N2O4. The molecule has 0 heterocycles. The van der Waals surface area contributed by atoms with Crippen LogP contribution in [0.5, 0.6) is 5.75 Å². The van der Waals surface area contributed by atoms with Gasteiger partial charge in [0, 0.05) is 6.04 Å². The highest BCUT2D eigenvalue weighted by atomic mass is 16.5. The van der Waals surface area contributed by atoms with Crippen LogP contribution in [0.2, 0.25) is 0 Å². The molecule has 1 atom stereocenters. The molecule has 1 aliphatic carbocycles. The molecular weight excluding hydrogens is 320 g/mol. The van der Waals surface area contributed by atoms with Crippen molar-refractivity contribution in [2.45, 2.75) is 44.8 Å². The van der Waals surface area contributed by atoms with Crippen molar-refractivity contribution in [1.82, 2.24) is 5.32 Å². The van der Waals surface area contributed by atoms with E-state index in [1.54, 1.807) is 31.4 Å². The van der Waals surface area contributed by atoms with Crippen molar-refractivity contribution in [3.63, 3.8) is 0 Å². The van der Waals surface area contributed by atoms with Crippen LogP contribution in [0.25, 0.3) is 6.08 Å². The van der Waals surface area contributed by atoms with Crippen LogP contribution in [0.3, 0.4) is 0 Å². The van der Waals surface area contributed by atoms with Crippen molar-refractivity contribution >= 4 is 18.0 Å². The maximum Gasteiger partial charge on any atom is 0.349 e. The lowest BCUT2D eigenvalue weighted by Gasteiger charge is -2.16. The number of rotatable bonds is 6. The molecule has 1 fully saturated rings. The lowest BCUT2D eigenvalue weighted by Crippen LogP contribution is -2.41. The first-order chi connectivity index (χ1) is 12.0. The van der Waals surface area contributed by atoms with Gasteiger partial charge in [-0.25, -0.2) is 4.79 Å². The number of nitrogens with one attached hydrogen (secondary N) is 1. The topological polar surface area (TPSA) is 88.4 Å². The van der Waals surface area contributed by atoms with Gasteiger partial charge in [0.1, 0.15) is 17.4 Å². The maximum absolute atomic E-state index is 12.1. The van der Waals surface area contributed by atoms with E-state index >= 15 is 0 Å². The predicted octanol–water partition coefficient (Wildman–Crippen LogP) is 2.59. The normalized spacial score (nSPS) is 16.0. The molecule has 6 heteroatoms. The van der Waals surface area contributed by atoms with Gasteiger partial charge >= 0.3 is 5.97 Å². The van der Waals surface area contributed by atoms with E-state index in [1.807, 2.05) is 6.07 Å². The maximum atomic E-state index is 12.1. The van der Waals surface area contributed by atoms with E-state index in [2.05, 4.69) is 5.32 Å². The fourth-order valence-electron chi connectivity index (χ4n) is 2.67. The number of nitrogens with zero attached hydrogens (tertiary/aromatic N) is 1. The van der Waals surface area contributed by atoms with Crippen LogP contribution in [-0.4, -0.2) is 31.1 Å². The Morgan fingerprint density at radius 1 is 1.28 bits per heavy atom. The summed E-state index contributed by atoms with van der Waals surface area (Å²) in [6.45, 7) is 1.50. The summed E-state index contributed by atoms with van der Waals surface area (Å²) in [7, 11) is 1.56. The van der Waals surface area contributed by atoms with Gasteiger partial charge < -0.3 is 14.8 Å². The number of esters is 1. The number of carbonyl (C=O) groups is 2. The van der Waals surface area contributed by atoms with E-state index in [0.29, 0.717) is 11.3 Å². The van der Waals surface area contributed by atoms with Crippen molar-refractivity contribution in [3.8, 4) is 11.8 Å². The van der Waals surface area contributed by atoms with E-state index < -0.39 is 12.1 Å². The lowest BCUT2D eigenvalue weighted by molar-refractivity contribution is -0.151. The van der Waals surface area contributed by atoms with Crippen molar-refractivity contribution in [2.24, 2.45) is 0 Å². The third kappa shape index (κ3) is 5.35. The summed E-state index contributed by atoms with van der Waals surface area (Å²) in [5.41, 5.74) is 0.503. The van der Waals surface area contributed by atoms with E-state index in [0.717, 1.165) is 25.7 Å². The van der Waals surface area contributed by atoms with Gasteiger partial charge in [0.25, 0.3) is 5.91 Å².